The van der Waals surface area contributed by atoms with E-state index in [1.54, 1.807) is 0 Å². The topological polar surface area (TPSA) is 58.2 Å². The van der Waals surface area contributed by atoms with E-state index in [1.807, 2.05) is 17.2 Å². The Morgan fingerprint density at radius 2 is 2.06 bits per heavy atom. The molecule has 4 rings (SSSR count). The number of carbonyl (C=O) groups is 1. The van der Waals surface area contributed by atoms with Crippen LogP contribution in [0.25, 0.3) is 5.57 Å². The molecule has 1 saturated heterocycles. The number of aromatic nitrogens is 2. The van der Waals surface area contributed by atoms with Crippen molar-refractivity contribution >= 4 is 27.6 Å². The highest BCUT2D eigenvalue weighted by Gasteiger charge is 2.32. The van der Waals surface area contributed by atoms with E-state index in [2.05, 4.69) is 70.3 Å². The average molecular weight is 484 g/mol. The molecule has 0 spiro atoms. The smallest absolute Gasteiger partial charge is 0.409 e. The lowest BCUT2D eigenvalue weighted by atomic mass is 9.91. The molecule has 1 aromatic heterocycles. The zero-order chi connectivity index (χ0) is 21.7. The Morgan fingerprint density at radius 1 is 1.29 bits per heavy atom. The number of carbonyl (C=O) groups excluding carboxylic acids is 1. The Bertz CT molecular complexity index is 945. The number of hydrogen-bond donors (Lipinski definition) is 1. The fourth-order valence-electron chi connectivity index (χ4n) is 4.15. The first-order chi connectivity index (χ1) is 15.1. The number of unbranched alkanes of at least 4 members (excludes halogenated alkanes) is 1. The van der Waals surface area contributed by atoms with Gasteiger partial charge in [-0.2, -0.15) is 0 Å². The van der Waals surface area contributed by atoms with Crippen molar-refractivity contribution in [2.75, 3.05) is 19.7 Å². The van der Waals surface area contributed by atoms with Gasteiger partial charge in [-0.05, 0) is 36.8 Å². The van der Waals surface area contributed by atoms with Crippen LogP contribution in [-0.2, 0) is 9.06 Å². The molecule has 0 saturated carbocycles. The van der Waals surface area contributed by atoms with Crippen LogP contribution >= 0.6 is 15.9 Å². The Balaban J connectivity index is 1.34. The second-order valence-electron chi connectivity index (χ2n) is 8.34. The molecule has 2 aliphatic rings. The number of amides is 1. The van der Waals surface area contributed by atoms with Crippen LogP contribution in [0.15, 0.2) is 54.8 Å². The average Bonchev–Trinajstić information content (AvgIpc) is 3.32. The van der Waals surface area contributed by atoms with Crippen LogP contribution in [0.5, 0.6) is 0 Å². The summed E-state index contributed by atoms with van der Waals surface area (Å²) in [4.78, 5) is 22.2. The zero-order valence-corrected chi connectivity index (χ0v) is 19.6. The number of hydrogen-bond acceptors (Lipinski definition) is 3. The molecule has 5 nitrogen and oxygen atoms in total. The number of aromatic amines is 1. The van der Waals surface area contributed by atoms with Crippen LogP contribution in [0.1, 0.15) is 62.0 Å². The first kappa shape index (κ1) is 21.9. The highest BCUT2D eigenvalue weighted by Crippen LogP contribution is 2.41. The van der Waals surface area contributed by atoms with Gasteiger partial charge in [0.15, 0.2) is 0 Å². The van der Waals surface area contributed by atoms with Gasteiger partial charge in [0, 0.05) is 19.0 Å². The fraction of sp³-hybridized carbons (Fsp3) is 0.440. The summed E-state index contributed by atoms with van der Waals surface area (Å²) in [6.45, 7) is 4.04. The lowest BCUT2D eigenvalue weighted by molar-refractivity contribution is 0.0912. The largest absolute Gasteiger partial charge is 0.449 e. The number of alkyl halides is 1. The molecule has 2 heterocycles. The number of nitrogens with one attached hydrogen (secondary N) is 1. The number of rotatable bonds is 6. The molecule has 31 heavy (non-hydrogen) atoms. The van der Waals surface area contributed by atoms with Crippen molar-refractivity contribution in [1.29, 1.82) is 0 Å². The van der Waals surface area contributed by atoms with Crippen molar-refractivity contribution in [2.24, 2.45) is 0 Å². The molecule has 1 atom stereocenters. The molecular formula is C25H30BrN3O2. The number of likely N-dealkylation sites (tertiary alicyclic amines) is 1. The van der Waals surface area contributed by atoms with E-state index in [1.165, 1.54) is 11.1 Å². The van der Waals surface area contributed by atoms with Gasteiger partial charge in [0.2, 0.25) is 0 Å². The summed E-state index contributed by atoms with van der Waals surface area (Å²) < 4.78 is 5.08. The van der Waals surface area contributed by atoms with E-state index in [9.17, 15) is 4.79 Å². The lowest BCUT2D eigenvalue weighted by Crippen LogP contribution is -2.38. The summed E-state index contributed by atoms with van der Waals surface area (Å²) in [5.41, 5.74) is 3.55. The van der Waals surface area contributed by atoms with Crippen molar-refractivity contribution in [3.63, 3.8) is 0 Å². The van der Waals surface area contributed by atoms with Crippen molar-refractivity contribution < 1.29 is 9.53 Å². The molecule has 0 radical (unpaired) electrons. The highest BCUT2D eigenvalue weighted by atomic mass is 79.9. The molecule has 1 aromatic carbocycles. The third-order valence-corrected chi connectivity index (χ3v) is 7.17. The standard InChI is InChI=1S/C25H30BrN3O2/c1-2-3-17-31-24(30)29-15-11-21(12-16-29)23-27-18-22(28-23)25(26)13-9-20(10-14-25)19-7-5-4-6-8-19/h4-10,13,18,21H,2-3,11-12,14-17H2,1H3,(H,27,28). The molecule has 6 heteroatoms. The fourth-order valence-corrected chi connectivity index (χ4v) is 4.64. The maximum atomic E-state index is 12.2. The number of ether oxygens (including phenoxy) is 1. The summed E-state index contributed by atoms with van der Waals surface area (Å²) in [5.74, 6) is 1.35. The molecule has 2 aromatic rings. The van der Waals surface area contributed by atoms with E-state index in [4.69, 9.17) is 9.72 Å². The van der Waals surface area contributed by atoms with Gasteiger partial charge >= 0.3 is 6.09 Å². The van der Waals surface area contributed by atoms with Crippen LogP contribution in [-0.4, -0.2) is 40.7 Å². The molecular weight excluding hydrogens is 454 g/mol. The van der Waals surface area contributed by atoms with Gasteiger partial charge in [-0.25, -0.2) is 9.78 Å². The molecule has 164 valence electrons. The number of allylic oxidation sites excluding steroid dienone is 4. The van der Waals surface area contributed by atoms with Gasteiger partial charge < -0.3 is 14.6 Å². The monoisotopic (exact) mass is 483 g/mol. The molecule has 1 aliphatic heterocycles. The van der Waals surface area contributed by atoms with Crippen LogP contribution < -0.4 is 0 Å². The summed E-state index contributed by atoms with van der Waals surface area (Å²) in [5, 5.41) is 0. The quantitative estimate of drug-likeness (QED) is 0.395. The molecule has 0 bridgehead atoms. The van der Waals surface area contributed by atoms with E-state index in [-0.39, 0.29) is 10.4 Å². The van der Waals surface area contributed by atoms with Crippen molar-refractivity contribution in [2.45, 2.75) is 49.3 Å². The zero-order valence-electron chi connectivity index (χ0n) is 18.0. The predicted octanol–water partition coefficient (Wildman–Crippen LogP) is 6.16. The number of imidazole rings is 1. The van der Waals surface area contributed by atoms with E-state index in [0.29, 0.717) is 25.6 Å². The first-order valence-electron chi connectivity index (χ1n) is 11.2. The SMILES string of the molecule is CCCCOC(=O)N1CCC(c2ncc(C3(Br)C=CC(c4ccccc4)=CC3)[nH]2)CC1. The third kappa shape index (κ3) is 5.12. The number of piperidine rings is 1. The van der Waals surface area contributed by atoms with Crippen molar-refractivity contribution in [3.8, 4) is 0 Å². The minimum absolute atomic E-state index is 0.181. The van der Waals surface area contributed by atoms with Gasteiger partial charge in [0.1, 0.15) is 5.82 Å². The second-order valence-corrected chi connectivity index (χ2v) is 9.75. The summed E-state index contributed by atoms with van der Waals surface area (Å²) >= 11 is 3.93. The van der Waals surface area contributed by atoms with Crippen molar-refractivity contribution in [3.05, 3.63) is 71.8 Å². The Morgan fingerprint density at radius 3 is 2.74 bits per heavy atom. The minimum atomic E-state index is -0.264. The summed E-state index contributed by atoms with van der Waals surface area (Å²) in [6.07, 6.45) is 13.0. The first-order valence-corrected chi connectivity index (χ1v) is 12.0. The van der Waals surface area contributed by atoms with E-state index >= 15 is 0 Å². The number of halogens is 1. The minimum Gasteiger partial charge on any atom is -0.449 e. The second kappa shape index (κ2) is 9.86. The summed E-state index contributed by atoms with van der Waals surface area (Å²) in [6, 6.07) is 10.4. The number of H-pyrrole nitrogens is 1. The molecule has 1 N–H and O–H groups in total. The van der Waals surface area contributed by atoms with Gasteiger partial charge in [0.25, 0.3) is 0 Å². The highest BCUT2D eigenvalue weighted by molar-refractivity contribution is 9.09. The number of benzene rings is 1. The van der Waals surface area contributed by atoms with Crippen molar-refractivity contribution in [1.82, 2.24) is 14.9 Å². The summed E-state index contributed by atoms with van der Waals surface area (Å²) in [7, 11) is 0. The predicted molar refractivity (Wildman–Crippen MR) is 127 cm³/mol. The van der Waals surface area contributed by atoms with Crippen LogP contribution in [0, 0.1) is 0 Å². The van der Waals surface area contributed by atoms with Gasteiger partial charge in [-0.1, -0.05) is 77.8 Å². The van der Waals surface area contributed by atoms with E-state index < -0.39 is 0 Å². The maximum Gasteiger partial charge on any atom is 0.409 e. The van der Waals surface area contributed by atoms with Crippen LogP contribution in [0.4, 0.5) is 4.79 Å². The molecule has 1 amide bonds. The van der Waals surface area contributed by atoms with Gasteiger partial charge in [-0.3, -0.25) is 0 Å². The molecule has 1 unspecified atom stereocenters. The Kier molecular flexibility index (Phi) is 6.96. The van der Waals surface area contributed by atoms with Crippen LogP contribution in [0.2, 0.25) is 0 Å². The Hall–Kier alpha value is -2.34. The Labute approximate surface area is 192 Å². The third-order valence-electron chi connectivity index (χ3n) is 6.16. The van der Waals surface area contributed by atoms with Gasteiger partial charge in [-0.15, -0.1) is 0 Å². The lowest BCUT2D eigenvalue weighted by Gasteiger charge is -2.30. The maximum absolute atomic E-state index is 12.2. The molecule has 1 aliphatic carbocycles. The van der Waals surface area contributed by atoms with Gasteiger partial charge in [0.05, 0.1) is 22.8 Å². The van der Waals surface area contributed by atoms with E-state index in [0.717, 1.165) is 43.6 Å². The molecule has 1 fully saturated rings. The number of nitrogens with zero attached hydrogens (tertiary/aromatic N) is 2. The normalized spacial score (nSPS) is 21.7. The van der Waals surface area contributed by atoms with Crippen LogP contribution in [0.3, 0.4) is 0 Å².